The summed E-state index contributed by atoms with van der Waals surface area (Å²) in [6.07, 6.45) is 0.863. The third-order valence-corrected chi connectivity index (χ3v) is 3.53. The van der Waals surface area contributed by atoms with E-state index >= 15 is 0 Å². The normalized spacial score (nSPS) is 12.5. The van der Waals surface area contributed by atoms with Crippen LogP contribution in [0.15, 0.2) is 36.7 Å². The number of fused-ring (bicyclic) bond motifs is 1. The molecule has 1 atom stereocenters. The van der Waals surface area contributed by atoms with Gasteiger partial charge in [-0.1, -0.05) is 23.7 Å². The molecule has 6 heteroatoms. The van der Waals surface area contributed by atoms with Crippen molar-refractivity contribution in [2.45, 2.75) is 13.0 Å². The van der Waals surface area contributed by atoms with E-state index in [4.69, 9.17) is 11.6 Å². The predicted molar refractivity (Wildman–Crippen MR) is 83.5 cm³/mol. The molecule has 2 heterocycles. The number of halogens is 1. The number of anilines is 1. The molecule has 0 aliphatic heterocycles. The SMILES string of the molecule is Cc1cc2c(NCC(O)c3ccc(Cl)cc3)ncnc2[nH]1. The maximum Gasteiger partial charge on any atom is 0.143 e. The van der Waals surface area contributed by atoms with Crippen LogP contribution in [-0.2, 0) is 0 Å². The summed E-state index contributed by atoms with van der Waals surface area (Å²) >= 11 is 5.84. The number of aryl methyl sites for hydroxylation is 1. The largest absolute Gasteiger partial charge is 0.387 e. The minimum Gasteiger partial charge on any atom is -0.387 e. The molecule has 1 unspecified atom stereocenters. The minimum absolute atomic E-state index is 0.359. The fourth-order valence-corrected chi connectivity index (χ4v) is 2.33. The number of nitrogens with one attached hydrogen (secondary N) is 2. The number of rotatable bonds is 4. The van der Waals surface area contributed by atoms with Crippen molar-refractivity contribution in [2.24, 2.45) is 0 Å². The molecule has 5 nitrogen and oxygen atoms in total. The van der Waals surface area contributed by atoms with Gasteiger partial charge in [0, 0.05) is 17.3 Å². The highest BCUT2D eigenvalue weighted by atomic mass is 35.5. The van der Waals surface area contributed by atoms with Gasteiger partial charge in [0.15, 0.2) is 0 Å². The zero-order chi connectivity index (χ0) is 14.8. The van der Waals surface area contributed by atoms with E-state index in [1.807, 2.05) is 25.1 Å². The van der Waals surface area contributed by atoms with Crippen LogP contribution in [-0.4, -0.2) is 26.6 Å². The topological polar surface area (TPSA) is 73.8 Å². The third-order valence-electron chi connectivity index (χ3n) is 3.28. The Labute approximate surface area is 127 Å². The molecular weight excluding hydrogens is 288 g/mol. The molecule has 0 saturated heterocycles. The third kappa shape index (κ3) is 2.99. The Morgan fingerprint density at radius 1 is 1.29 bits per heavy atom. The van der Waals surface area contributed by atoms with Gasteiger partial charge >= 0.3 is 0 Å². The second-order valence-corrected chi connectivity index (χ2v) is 5.32. The highest BCUT2D eigenvalue weighted by molar-refractivity contribution is 6.30. The molecule has 0 radical (unpaired) electrons. The van der Waals surface area contributed by atoms with Gasteiger partial charge in [-0.25, -0.2) is 9.97 Å². The molecule has 21 heavy (non-hydrogen) atoms. The molecule has 0 amide bonds. The fraction of sp³-hybridized carbons (Fsp3) is 0.200. The average Bonchev–Trinajstić information content (AvgIpc) is 2.86. The summed E-state index contributed by atoms with van der Waals surface area (Å²) in [7, 11) is 0. The maximum atomic E-state index is 10.2. The van der Waals surface area contributed by atoms with Gasteiger partial charge in [-0.05, 0) is 30.7 Å². The molecule has 1 aromatic carbocycles. The number of benzene rings is 1. The van der Waals surface area contributed by atoms with Gasteiger partial charge in [-0.3, -0.25) is 0 Å². The second kappa shape index (κ2) is 5.71. The molecular formula is C15H15ClN4O. The quantitative estimate of drug-likeness (QED) is 0.692. The number of H-pyrrole nitrogens is 1. The number of aliphatic hydroxyl groups excluding tert-OH is 1. The Bertz CT molecular complexity index is 754. The molecule has 0 bridgehead atoms. The van der Waals surface area contributed by atoms with Crippen molar-refractivity contribution in [2.75, 3.05) is 11.9 Å². The first-order valence-corrected chi connectivity index (χ1v) is 6.99. The van der Waals surface area contributed by atoms with Crippen molar-refractivity contribution in [1.82, 2.24) is 15.0 Å². The van der Waals surface area contributed by atoms with Gasteiger partial charge < -0.3 is 15.4 Å². The molecule has 3 N–H and O–H groups in total. The van der Waals surface area contributed by atoms with Gasteiger partial charge in [0.05, 0.1) is 11.5 Å². The zero-order valence-electron chi connectivity index (χ0n) is 11.5. The van der Waals surface area contributed by atoms with E-state index in [2.05, 4.69) is 20.3 Å². The minimum atomic E-state index is -0.632. The number of nitrogens with zero attached hydrogens (tertiary/aromatic N) is 2. The van der Waals surface area contributed by atoms with Crippen LogP contribution in [0, 0.1) is 6.92 Å². The van der Waals surface area contributed by atoms with E-state index in [1.165, 1.54) is 6.33 Å². The molecule has 0 saturated carbocycles. The molecule has 0 fully saturated rings. The number of hydrogen-bond donors (Lipinski definition) is 3. The van der Waals surface area contributed by atoms with E-state index in [9.17, 15) is 5.11 Å². The van der Waals surface area contributed by atoms with Crippen molar-refractivity contribution >= 4 is 28.5 Å². The van der Waals surface area contributed by atoms with Crippen LogP contribution in [0.4, 0.5) is 5.82 Å². The van der Waals surface area contributed by atoms with Gasteiger partial charge in [0.1, 0.15) is 17.8 Å². The summed E-state index contributed by atoms with van der Waals surface area (Å²) in [4.78, 5) is 11.6. The van der Waals surface area contributed by atoms with E-state index < -0.39 is 6.10 Å². The zero-order valence-corrected chi connectivity index (χ0v) is 12.2. The number of aromatic nitrogens is 3. The van der Waals surface area contributed by atoms with Gasteiger partial charge in [-0.15, -0.1) is 0 Å². The Morgan fingerprint density at radius 3 is 2.81 bits per heavy atom. The van der Waals surface area contributed by atoms with E-state index in [-0.39, 0.29) is 0 Å². The lowest BCUT2D eigenvalue weighted by Gasteiger charge is -2.13. The lowest BCUT2D eigenvalue weighted by atomic mass is 10.1. The van der Waals surface area contributed by atoms with Crippen molar-refractivity contribution in [3.05, 3.63) is 52.9 Å². The van der Waals surface area contributed by atoms with Crippen LogP contribution in [0.3, 0.4) is 0 Å². The molecule has 0 aliphatic carbocycles. The highest BCUT2D eigenvalue weighted by Crippen LogP contribution is 2.21. The van der Waals surface area contributed by atoms with Gasteiger partial charge in [0.2, 0.25) is 0 Å². The van der Waals surface area contributed by atoms with E-state index in [0.29, 0.717) is 17.4 Å². The number of aromatic amines is 1. The second-order valence-electron chi connectivity index (χ2n) is 4.89. The van der Waals surface area contributed by atoms with Crippen LogP contribution < -0.4 is 5.32 Å². The average molecular weight is 303 g/mol. The smallest absolute Gasteiger partial charge is 0.143 e. The Morgan fingerprint density at radius 2 is 2.05 bits per heavy atom. The van der Waals surface area contributed by atoms with Crippen LogP contribution >= 0.6 is 11.6 Å². The highest BCUT2D eigenvalue weighted by Gasteiger charge is 2.10. The van der Waals surface area contributed by atoms with Gasteiger partial charge in [0.25, 0.3) is 0 Å². The summed E-state index contributed by atoms with van der Waals surface area (Å²) in [6, 6.07) is 9.12. The summed E-state index contributed by atoms with van der Waals surface area (Å²) in [5.74, 6) is 0.706. The Balaban J connectivity index is 1.75. The van der Waals surface area contributed by atoms with Crippen molar-refractivity contribution < 1.29 is 5.11 Å². The molecule has 108 valence electrons. The van der Waals surface area contributed by atoms with Crippen LogP contribution in [0.25, 0.3) is 11.0 Å². The lowest BCUT2D eigenvalue weighted by Crippen LogP contribution is -2.13. The fourth-order valence-electron chi connectivity index (χ4n) is 2.21. The van der Waals surface area contributed by atoms with Crippen molar-refractivity contribution in [3.63, 3.8) is 0 Å². The lowest BCUT2D eigenvalue weighted by molar-refractivity contribution is 0.191. The first-order valence-electron chi connectivity index (χ1n) is 6.61. The first kappa shape index (κ1) is 13.9. The predicted octanol–water partition coefficient (Wildman–Crippen LogP) is 3.07. The summed E-state index contributed by atoms with van der Waals surface area (Å²) < 4.78 is 0. The Hall–Kier alpha value is -2.11. The van der Waals surface area contributed by atoms with Crippen LogP contribution in [0.1, 0.15) is 17.4 Å². The summed E-state index contributed by atoms with van der Waals surface area (Å²) in [6.45, 7) is 2.33. The standard InChI is InChI=1S/C15H15ClN4O/c1-9-6-12-14(18-8-19-15(12)20-9)17-7-13(21)10-2-4-11(16)5-3-10/h2-6,8,13,21H,7H2,1H3,(H2,17,18,19,20). The maximum absolute atomic E-state index is 10.2. The number of hydrogen-bond acceptors (Lipinski definition) is 4. The molecule has 3 rings (SSSR count). The monoisotopic (exact) mass is 302 g/mol. The molecule has 3 aromatic rings. The Kier molecular flexibility index (Phi) is 3.77. The van der Waals surface area contributed by atoms with E-state index in [1.54, 1.807) is 12.1 Å². The van der Waals surface area contributed by atoms with Crippen molar-refractivity contribution in [1.29, 1.82) is 0 Å². The van der Waals surface area contributed by atoms with Crippen LogP contribution in [0.5, 0.6) is 0 Å². The van der Waals surface area contributed by atoms with Gasteiger partial charge in [-0.2, -0.15) is 0 Å². The molecule has 0 aliphatic rings. The first-order chi connectivity index (χ1) is 10.1. The molecule has 2 aromatic heterocycles. The number of aliphatic hydroxyl groups is 1. The summed E-state index contributed by atoms with van der Waals surface area (Å²) in [5, 5.41) is 14.9. The van der Waals surface area contributed by atoms with Crippen molar-refractivity contribution in [3.8, 4) is 0 Å². The summed E-state index contributed by atoms with van der Waals surface area (Å²) in [5.41, 5.74) is 2.61. The van der Waals surface area contributed by atoms with E-state index in [0.717, 1.165) is 22.3 Å². The molecule has 0 spiro atoms. The van der Waals surface area contributed by atoms with Crippen LogP contribution in [0.2, 0.25) is 5.02 Å².